The van der Waals surface area contributed by atoms with Crippen LogP contribution in [0, 0.1) is 6.92 Å². The molecule has 0 aliphatic rings. The van der Waals surface area contributed by atoms with Crippen molar-refractivity contribution in [3.8, 4) is 11.4 Å². The van der Waals surface area contributed by atoms with E-state index in [1.54, 1.807) is 6.20 Å². The van der Waals surface area contributed by atoms with Gasteiger partial charge in [-0.05, 0) is 47.9 Å². The largest absolute Gasteiger partial charge is 0.255 e. The zero-order chi connectivity index (χ0) is 16.1. The van der Waals surface area contributed by atoms with Crippen molar-refractivity contribution in [1.82, 2.24) is 9.97 Å². The molecule has 0 saturated heterocycles. The predicted molar refractivity (Wildman–Crippen MR) is 105 cm³/mol. The first kappa shape index (κ1) is 15.9. The second kappa shape index (κ2) is 7.51. The van der Waals surface area contributed by atoms with Crippen molar-refractivity contribution in [1.29, 1.82) is 0 Å². The molecule has 0 spiro atoms. The Morgan fingerprint density at radius 3 is 2.57 bits per heavy atom. The van der Waals surface area contributed by atoms with Crippen LogP contribution in [-0.4, -0.2) is 9.97 Å². The van der Waals surface area contributed by atoms with Crippen molar-refractivity contribution in [2.45, 2.75) is 11.4 Å². The van der Waals surface area contributed by atoms with Crippen LogP contribution < -0.4 is 0 Å². The summed E-state index contributed by atoms with van der Waals surface area (Å²) in [5.74, 6) is 0. The Hall–Kier alpha value is -2.01. The van der Waals surface area contributed by atoms with Crippen molar-refractivity contribution < 1.29 is 0 Å². The summed E-state index contributed by atoms with van der Waals surface area (Å²) in [6.07, 6.45) is 7.94. The molecular weight excluding hydrogens is 395 g/mol. The lowest BCUT2D eigenvalue weighted by atomic mass is 10.0. The highest BCUT2D eigenvalue weighted by Crippen LogP contribution is 2.20. The molecule has 0 saturated carbocycles. The molecule has 3 aromatic rings. The number of pyridine rings is 2. The molecule has 2 heterocycles. The summed E-state index contributed by atoms with van der Waals surface area (Å²) in [6.45, 7) is 2.12. The summed E-state index contributed by atoms with van der Waals surface area (Å²) >= 11 is 2.41. The van der Waals surface area contributed by atoms with Crippen LogP contribution in [0.25, 0.3) is 23.5 Å². The molecule has 0 bridgehead atoms. The van der Waals surface area contributed by atoms with Crippen molar-refractivity contribution in [2.24, 2.45) is 0 Å². The normalized spacial score (nSPS) is 11.0. The summed E-state index contributed by atoms with van der Waals surface area (Å²) in [4.78, 5) is 8.77. The summed E-state index contributed by atoms with van der Waals surface area (Å²) < 4.78 is 1.01. The number of halogens is 1. The molecule has 0 amide bonds. The molecule has 0 fully saturated rings. The lowest BCUT2D eigenvalue weighted by Crippen LogP contribution is -1.88. The molecular formula is C20H17IN2. The lowest BCUT2D eigenvalue weighted by molar-refractivity contribution is 1.24. The van der Waals surface area contributed by atoms with Gasteiger partial charge in [0.1, 0.15) is 0 Å². The minimum atomic E-state index is 0.895. The van der Waals surface area contributed by atoms with E-state index in [1.165, 1.54) is 16.7 Å². The average molecular weight is 412 g/mol. The van der Waals surface area contributed by atoms with Crippen LogP contribution in [0.1, 0.15) is 22.3 Å². The molecule has 114 valence electrons. The summed E-state index contributed by atoms with van der Waals surface area (Å²) in [5, 5.41) is 0. The number of aromatic nitrogens is 2. The van der Waals surface area contributed by atoms with Crippen LogP contribution >= 0.6 is 22.6 Å². The first-order valence-corrected chi connectivity index (χ1v) is 9.00. The maximum Gasteiger partial charge on any atom is 0.0892 e. The third-order valence-electron chi connectivity index (χ3n) is 3.61. The Morgan fingerprint density at radius 1 is 0.913 bits per heavy atom. The van der Waals surface area contributed by atoms with Gasteiger partial charge >= 0.3 is 0 Å². The van der Waals surface area contributed by atoms with Gasteiger partial charge in [0.15, 0.2) is 0 Å². The quantitative estimate of drug-likeness (QED) is 0.414. The molecule has 23 heavy (non-hydrogen) atoms. The first-order valence-electron chi connectivity index (χ1n) is 7.47. The highest BCUT2D eigenvalue weighted by atomic mass is 127. The predicted octanol–water partition coefficient (Wildman–Crippen LogP) is 5.56. The number of alkyl halides is 1. The Bertz CT molecular complexity index is 826. The monoisotopic (exact) mass is 412 g/mol. The van der Waals surface area contributed by atoms with E-state index in [9.17, 15) is 0 Å². The van der Waals surface area contributed by atoms with Crippen LogP contribution in [0.15, 0.2) is 60.9 Å². The topological polar surface area (TPSA) is 25.8 Å². The third-order valence-corrected chi connectivity index (χ3v) is 4.43. The number of hydrogen-bond donors (Lipinski definition) is 0. The summed E-state index contributed by atoms with van der Waals surface area (Å²) in [5.41, 5.74) is 6.82. The van der Waals surface area contributed by atoms with E-state index in [4.69, 9.17) is 0 Å². The van der Waals surface area contributed by atoms with Gasteiger partial charge < -0.3 is 0 Å². The van der Waals surface area contributed by atoms with Gasteiger partial charge in [0.25, 0.3) is 0 Å². The van der Waals surface area contributed by atoms with Crippen LogP contribution in [0.5, 0.6) is 0 Å². The zero-order valence-corrected chi connectivity index (χ0v) is 15.1. The maximum absolute atomic E-state index is 4.41. The molecule has 0 aliphatic heterocycles. The molecule has 0 unspecified atom stereocenters. The third kappa shape index (κ3) is 4.05. The van der Waals surface area contributed by atoms with Gasteiger partial charge in [-0.15, -0.1) is 0 Å². The van der Waals surface area contributed by atoms with Gasteiger partial charge in [0.05, 0.1) is 11.4 Å². The SMILES string of the molecule is Cc1ccc(CI)c(/C=C/c2ccnc(-c3ccccn3)c2)c1. The highest BCUT2D eigenvalue weighted by Gasteiger charge is 2.01. The highest BCUT2D eigenvalue weighted by molar-refractivity contribution is 14.1. The number of aryl methyl sites for hydroxylation is 1. The molecule has 0 aliphatic carbocycles. The summed E-state index contributed by atoms with van der Waals surface area (Å²) in [6, 6.07) is 16.5. The molecule has 2 nitrogen and oxygen atoms in total. The Kier molecular flexibility index (Phi) is 5.18. The summed E-state index contributed by atoms with van der Waals surface area (Å²) in [7, 11) is 0. The first-order chi connectivity index (χ1) is 11.3. The van der Waals surface area contributed by atoms with Crippen LogP contribution in [0.4, 0.5) is 0 Å². The van der Waals surface area contributed by atoms with E-state index in [2.05, 4.69) is 75.9 Å². The second-order valence-corrected chi connectivity index (χ2v) is 6.12. The maximum atomic E-state index is 4.41. The van der Waals surface area contributed by atoms with Gasteiger partial charge in [0.2, 0.25) is 0 Å². The minimum absolute atomic E-state index is 0.895. The Labute approximate surface area is 150 Å². The van der Waals surface area contributed by atoms with Crippen LogP contribution in [-0.2, 0) is 4.43 Å². The van der Waals surface area contributed by atoms with Crippen molar-refractivity contribution in [3.63, 3.8) is 0 Å². The standard InChI is InChI=1S/C20H17IN2/c1-15-5-7-18(14-21)17(12-15)8-6-16-9-11-23-20(13-16)19-4-2-3-10-22-19/h2-13H,14H2,1H3/b8-6+. The smallest absolute Gasteiger partial charge is 0.0892 e. The molecule has 3 rings (SSSR count). The van der Waals surface area contributed by atoms with Crippen molar-refractivity contribution in [2.75, 3.05) is 0 Å². The minimum Gasteiger partial charge on any atom is -0.255 e. The second-order valence-electron chi connectivity index (χ2n) is 5.36. The number of rotatable bonds is 4. The molecule has 2 aromatic heterocycles. The van der Waals surface area contributed by atoms with E-state index in [-0.39, 0.29) is 0 Å². The van der Waals surface area contributed by atoms with Gasteiger partial charge in [-0.25, -0.2) is 0 Å². The molecule has 1 aromatic carbocycles. The molecule has 3 heteroatoms. The molecule has 0 N–H and O–H groups in total. The average Bonchev–Trinajstić information content (AvgIpc) is 2.61. The fourth-order valence-electron chi connectivity index (χ4n) is 2.38. The van der Waals surface area contributed by atoms with Gasteiger partial charge in [-0.2, -0.15) is 0 Å². The Balaban J connectivity index is 1.90. The van der Waals surface area contributed by atoms with Crippen LogP contribution in [0.2, 0.25) is 0 Å². The molecule has 0 radical (unpaired) electrons. The van der Waals surface area contributed by atoms with E-state index in [1.807, 2.05) is 30.5 Å². The number of hydrogen-bond acceptors (Lipinski definition) is 2. The van der Waals surface area contributed by atoms with Gasteiger partial charge in [-0.1, -0.05) is 64.6 Å². The Morgan fingerprint density at radius 2 is 1.78 bits per heavy atom. The zero-order valence-electron chi connectivity index (χ0n) is 12.9. The van der Waals surface area contributed by atoms with Crippen molar-refractivity contribution >= 4 is 34.7 Å². The van der Waals surface area contributed by atoms with Gasteiger partial charge in [-0.3, -0.25) is 9.97 Å². The van der Waals surface area contributed by atoms with E-state index in [0.717, 1.165) is 21.4 Å². The van der Waals surface area contributed by atoms with Gasteiger partial charge in [0, 0.05) is 16.8 Å². The fourth-order valence-corrected chi connectivity index (χ4v) is 3.08. The lowest BCUT2D eigenvalue weighted by Gasteiger charge is -2.04. The van der Waals surface area contributed by atoms with E-state index >= 15 is 0 Å². The van der Waals surface area contributed by atoms with Crippen LogP contribution in [0.3, 0.4) is 0 Å². The fraction of sp³-hybridized carbons (Fsp3) is 0.100. The number of nitrogens with zero attached hydrogens (tertiary/aromatic N) is 2. The van der Waals surface area contributed by atoms with E-state index < -0.39 is 0 Å². The number of benzene rings is 1. The van der Waals surface area contributed by atoms with E-state index in [0.29, 0.717) is 0 Å². The van der Waals surface area contributed by atoms with Crippen molar-refractivity contribution in [3.05, 3.63) is 83.2 Å². The molecule has 0 atom stereocenters.